The smallest absolute Gasteiger partial charge is 0.317 e. The second kappa shape index (κ2) is 10.2. The number of carbonyl (C=O) groups excluding carboxylic acids is 3. The predicted molar refractivity (Wildman–Crippen MR) is 99.1 cm³/mol. The summed E-state index contributed by atoms with van der Waals surface area (Å²) in [5, 5.41) is 0. The summed E-state index contributed by atoms with van der Waals surface area (Å²) >= 11 is 0. The van der Waals surface area contributed by atoms with Crippen molar-refractivity contribution < 1.29 is 23.9 Å². The van der Waals surface area contributed by atoms with Gasteiger partial charge in [-0.05, 0) is 31.5 Å². The summed E-state index contributed by atoms with van der Waals surface area (Å²) in [6.07, 6.45) is 1.37. The minimum atomic E-state index is -1.19. The average Bonchev–Trinajstić information content (AvgIpc) is 2.69. The lowest BCUT2D eigenvalue weighted by Crippen LogP contribution is -2.34. The molecule has 1 aromatic carbocycles. The van der Waals surface area contributed by atoms with Crippen molar-refractivity contribution in [2.75, 3.05) is 13.2 Å². The van der Waals surface area contributed by atoms with E-state index in [0.717, 1.165) is 0 Å². The molecule has 0 aliphatic rings. The third-order valence-corrected chi connectivity index (χ3v) is 4.06. The van der Waals surface area contributed by atoms with Gasteiger partial charge in [0.15, 0.2) is 5.78 Å². The highest BCUT2D eigenvalue weighted by molar-refractivity contribution is 6.08. The van der Waals surface area contributed by atoms with E-state index in [1.165, 1.54) is 6.20 Å². The summed E-state index contributed by atoms with van der Waals surface area (Å²) in [4.78, 5) is 42.0. The number of esters is 2. The molecule has 0 aliphatic heterocycles. The van der Waals surface area contributed by atoms with Crippen LogP contribution < -0.4 is 0 Å². The van der Waals surface area contributed by atoms with Crippen molar-refractivity contribution >= 4 is 17.7 Å². The predicted octanol–water partition coefficient (Wildman–Crippen LogP) is 3.18. The summed E-state index contributed by atoms with van der Waals surface area (Å²) < 4.78 is 10.2. The lowest BCUT2D eigenvalue weighted by molar-refractivity contribution is -0.148. The van der Waals surface area contributed by atoms with Crippen LogP contribution in [-0.4, -0.2) is 35.9 Å². The monoisotopic (exact) mass is 369 g/mol. The molecule has 0 radical (unpaired) electrons. The van der Waals surface area contributed by atoms with E-state index in [2.05, 4.69) is 4.98 Å². The molecule has 142 valence electrons. The highest BCUT2D eigenvalue weighted by atomic mass is 16.5. The number of carbonyl (C=O) groups is 3. The van der Waals surface area contributed by atoms with Gasteiger partial charge in [-0.1, -0.05) is 36.4 Å². The number of nitrogens with zero attached hydrogens (tertiary/aromatic N) is 1. The average molecular weight is 369 g/mol. The molecule has 27 heavy (non-hydrogen) atoms. The number of pyridine rings is 1. The van der Waals surface area contributed by atoms with Crippen molar-refractivity contribution in [1.82, 2.24) is 4.98 Å². The first kappa shape index (κ1) is 20.3. The first-order valence-corrected chi connectivity index (χ1v) is 8.90. The number of hydrogen-bond acceptors (Lipinski definition) is 6. The molecule has 0 amide bonds. The molecule has 0 unspecified atom stereocenters. The van der Waals surface area contributed by atoms with Gasteiger partial charge in [-0.15, -0.1) is 0 Å². The van der Waals surface area contributed by atoms with Gasteiger partial charge in [0, 0.05) is 12.1 Å². The van der Waals surface area contributed by atoms with Gasteiger partial charge >= 0.3 is 11.9 Å². The first-order chi connectivity index (χ1) is 13.1. The Hall–Kier alpha value is -3.02. The van der Waals surface area contributed by atoms with E-state index in [0.29, 0.717) is 5.56 Å². The summed E-state index contributed by atoms with van der Waals surface area (Å²) in [5.74, 6) is -3.53. The SMILES string of the molecule is CCOC(=O)C[C@@H](c1ccccc1)[C@@H](C(=O)OCC)C(=O)c1ccccn1. The van der Waals surface area contributed by atoms with E-state index in [4.69, 9.17) is 9.47 Å². The fourth-order valence-electron chi connectivity index (χ4n) is 2.88. The molecule has 0 fully saturated rings. The van der Waals surface area contributed by atoms with Gasteiger partial charge in [0.05, 0.1) is 19.6 Å². The quantitative estimate of drug-likeness (QED) is 0.384. The van der Waals surface area contributed by atoms with Crippen LogP contribution in [0.5, 0.6) is 0 Å². The van der Waals surface area contributed by atoms with E-state index in [1.807, 2.05) is 6.07 Å². The zero-order valence-electron chi connectivity index (χ0n) is 15.5. The summed E-state index contributed by atoms with van der Waals surface area (Å²) in [6.45, 7) is 3.73. The van der Waals surface area contributed by atoms with Gasteiger partial charge in [-0.2, -0.15) is 0 Å². The minimum Gasteiger partial charge on any atom is -0.466 e. The van der Waals surface area contributed by atoms with Crippen molar-refractivity contribution in [2.24, 2.45) is 5.92 Å². The van der Waals surface area contributed by atoms with Crippen LogP contribution in [0.3, 0.4) is 0 Å². The van der Waals surface area contributed by atoms with Gasteiger partial charge in [0.25, 0.3) is 0 Å². The fraction of sp³-hybridized carbons (Fsp3) is 0.333. The van der Waals surface area contributed by atoms with Gasteiger partial charge in [0.2, 0.25) is 0 Å². The lowest BCUT2D eigenvalue weighted by atomic mass is 9.80. The Labute approximate surface area is 158 Å². The van der Waals surface area contributed by atoms with Gasteiger partial charge in [-0.3, -0.25) is 19.4 Å². The Balaban J connectivity index is 2.46. The van der Waals surface area contributed by atoms with Crippen molar-refractivity contribution in [1.29, 1.82) is 0 Å². The minimum absolute atomic E-state index is 0.111. The van der Waals surface area contributed by atoms with Crippen LogP contribution in [0, 0.1) is 5.92 Å². The maximum Gasteiger partial charge on any atom is 0.317 e. The number of ketones is 1. The van der Waals surface area contributed by atoms with Gasteiger partial charge < -0.3 is 9.47 Å². The van der Waals surface area contributed by atoms with Crippen molar-refractivity contribution in [3.8, 4) is 0 Å². The second-order valence-corrected chi connectivity index (χ2v) is 5.84. The standard InChI is InChI=1S/C21H23NO5/c1-3-26-18(23)14-16(15-10-6-5-7-11-15)19(21(25)27-4-2)20(24)17-12-8-9-13-22-17/h5-13,16,19H,3-4,14H2,1-2H3/t16-,19+/m0/s1. The van der Waals surface area contributed by atoms with Crippen LogP contribution in [0.25, 0.3) is 0 Å². The molecule has 1 aromatic heterocycles. The maximum absolute atomic E-state index is 13.1. The molecule has 0 N–H and O–H groups in total. The molecule has 0 aliphatic carbocycles. The molecule has 2 atom stereocenters. The van der Waals surface area contributed by atoms with E-state index in [9.17, 15) is 14.4 Å². The number of Topliss-reactive ketones (excluding diaryl/α,β-unsaturated/α-hetero) is 1. The van der Waals surface area contributed by atoms with E-state index >= 15 is 0 Å². The lowest BCUT2D eigenvalue weighted by Gasteiger charge is -2.24. The third-order valence-electron chi connectivity index (χ3n) is 4.06. The van der Waals surface area contributed by atoms with Crippen LogP contribution in [0.2, 0.25) is 0 Å². The Kier molecular flexibility index (Phi) is 7.67. The Bertz CT molecular complexity index is 761. The number of ether oxygens (including phenoxy) is 2. The molecule has 0 spiro atoms. The van der Waals surface area contributed by atoms with Crippen LogP contribution in [0.15, 0.2) is 54.7 Å². The van der Waals surface area contributed by atoms with Crippen LogP contribution in [0.4, 0.5) is 0 Å². The Morgan fingerprint density at radius 3 is 2.19 bits per heavy atom. The molecule has 6 nitrogen and oxygen atoms in total. The van der Waals surface area contributed by atoms with E-state index < -0.39 is 29.6 Å². The van der Waals surface area contributed by atoms with Gasteiger partial charge in [0.1, 0.15) is 11.6 Å². The summed E-state index contributed by atoms with van der Waals surface area (Å²) in [7, 11) is 0. The third kappa shape index (κ3) is 5.48. The molecule has 6 heteroatoms. The Morgan fingerprint density at radius 2 is 1.59 bits per heavy atom. The number of hydrogen-bond donors (Lipinski definition) is 0. The first-order valence-electron chi connectivity index (χ1n) is 8.90. The molecule has 2 rings (SSSR count). The topological polar surface area (TPSA) is 82.6 Å². The van der Waals surface area contributed by atoms with Crippen LogP contribution in [0.1, 0.15) is 42.2 Å². The van der Waals surface area contributed by atoms with Gasteiger partial charge in [-0.25, -0.2) is 0 Å². The number of aromatic nitrogens is 1. The Morgan fingerprint density at radius 1 is 0.926 bits per heavy atom. The molecular weight excluding hydrogens is 346 g/mol. The molecule has 0 saturated heterocycles. The second-order valence-electron chi connectivity index (χ2n) is 5.84. The largest absolute Gasteiger partial charge is 0.466 e. The number of benzene rings is 1. The van der Waals surface area contributed by atoms with Crippen molar-refractivity contribution in [3.05, 3.63) is 66.0 Å². The molecule has 0 saturated carbocycles. The molecule has 0 bridgehead atoms. The molecule has 2 aromatic rings. The fourth-order valence-corrected chi connectivity index (χ4v) is 2.88. The molecular formula is C21H23NO5. The van der Waals surface area contributed by atoms with Crippen LogP contribution >= 0.6 is 0 Å². The summed E-state index contributed by atoms with van der Waals surface area (Å²) in [5.41, 5.74) is 0.841. The summed E-state index contributed by atoms with van der Waals surface area (Å²) in [6, 6.07) is 13.9. The van der Waals surface area contributed by atoms with Crippen molar-refractivity contribution in [3.63, 3.8) is 0 Å². The zero-order valence-corrected chi connectivity index (χ0v) is 15.5. The highest BCUT2D eigenvalue weighted by Crippen LogP contribution is 2.32. The highest BCUT2D eigenvalue weighted by Gasteiger charge is 2.39. The van der Waals surface area contributed by atoms with Crippen LogP contribution in [-0.2, 0) is 19.1 Å². The van der Waals surface area contributed by atoms with E-state index in [-0.39, 0.29) is 25.3 Å². The van der Waals surface area contributed by atoms with E-state index in [1.54, 1.807) is 56.3 Å². The number of rotatable bonds is 9. The zero-order chi connectivity index (χ0) is 19.6. The molecule has 1 heterocycles. The maximum atomic E-state index is 13.1. The normalized spacial score (nSPS) is 12.7. The van der Waals surface area contributed by atoms with Crippen molar-refractivity contribution in [2.45, 2.75) is 26.2 Å².